The van der Waals surface area contributed by atoms with E-state index in [1.54, 1.807) is 0 Å². The fraction of sp³-hybridized carbons (Fsp3) is 0.444. The minimum atomic E-state index is -0.812. The lowest BCUT2D eigenvalue weighted by Crippen LogP contribution is -2.50. The number of nitrogens with one attached hydrogen (secondary N) is 2. The summed E-state index contributed by atoms with van der Waals surface area (Å²) < 4.78 is 11.2. The van der Waals surface area contributed by atoms with E-state index in [0.29, 0.717) is 32.3 Å². The summed E-state index contributed by atoms with van der Waals surface area (Å²) in [5.74, 6) is -0.976. The molecule has 0 bridgehead atoms. The molecule has 3 fully saturated rings. The van der Waals surface area contributed by atoms with Gasteiger partial charge in [-0.25, -0.2) is 4.79 Å². The maximum Gasteiger partial charge on any atom is 0.407 e. The zero-order chi connectivity index (χ0) is 24.2. The van der Waals surface area contributed by atoms with Gasteiger partial charge >= 0.3 is 12.1 Å². The fourth-order valence-electron chi connectivity index (χ4n) is 6.34. The Labute approximate surface area is 203 Å². The number of aliphatic carboxylic acids is 1. The summed E-state index contributed by atoms with van der Waals surface area (Å²) in [6.07, 6.45) is 0.945. The van der Waals surface area contributed by atoms with Crippen molar-refractivity contribution in [3.63, 3.8) is 0 Å². The molecule has 1 saturated heterocycles. The fourth-order valence-corrected chi connectivity index (χ4v) is 6.34. The van der Waals surface area contributed by atoms with E-state index in [0.717, 1.165) is 22.3 Å². The van der Waals surface area contributed by atoms with Gasteiger partial charge < -0.3 is 25.2 Å². The molecule has 182 valence electrons. The number of alkyl carbamates (subject to hydrolysis) is 1. The average molecular weight is 477 g/mol. The first-order valence-electron chi connectivity index (χ1n) is 12.2. The van der Waals surface area contributed by atoms with Crippen molar-refractivity contribution in [3.8, 4) is 11.1 Å². The second-order valence-electron chi connectivity index (χ2n) is 10.2. The van der Waals surface area contributed by atoms with E-state index in [1.807, 2.05) is 24.3 Å². The van der Waals surface area contributed by atoms with Crippen molar-refractivity contribution < 1.29 is 29.0 Å². The Balaban J connectivity index is 1.05. The number of hydrogen-bond donors (Lipinski definition) is 3. The predicted octanol–water partition coefficient (Wildman–Crippen LogP) is 3.05. The number of benzene rings is 2. The molecule has 3 aliphatic carbocycles. The summed E-state index contributed by atoms with van der Waals surface area (Å²) in [5.41, 5.74) is 3.93. The van der Waals surface area contributed by atoms with Gasteiger partial charge in [0.1, 0.15) is 6.61 Å². The number of amides is 2. The van der Waals surface area contributed by atoms with Crippen LogP contribution in [0.3, 0.4) is 0 Å². The number of fused-ring (bicyclic) bond motifs is 4. The molecule has 0 radical (unpaired) electrons. The number of carboxylic acid groups (broad SMARTS) is 1. The van der Waals surface area contributed by atoms with Crippen molar-refractivity contribution in [2.45, 2.75) is 49.8 Å². The van der Waals surface area contributed by atoms with Crippen LogP contribution >= 0.6 is 0 Å². The third-order valence-corrected chi connectivity index (χ3v) is 8.18. The highest BCUT2D eigenvalue weighted by atomic mass is 16.6. The summed E-state index contributed by atoms with van der Waals surface area (Å²) in [5, 5.41) is 15.2. The van der Waals surface area contributed by atoms with Gasteiger partial charge in [0, 0.05) is 18.6 Å². The van der Waals surface area contributed by atoms with Gasteiger partial charge in [-0.05, 0) is 53.9 Å². The predicted molar refractivity (Wildman–Crippen MR) is 126 cm³/mol. The summed E-state index contributed by atoms with van der Waals surface area (Å²) in [6.45, 7) is 0.559. The number of hydrogen-bond acceptors (Lipinski definition) is 5. The Morgan fingerprint density at radius 2 is 1.69 bits per heavy atom. The lowest BCUT2D eigenvalue weighted by molar-refractivity contribution is -0.144. The zero-order valence-electron chi connectivity index (χ0n) is 19.2. The molecule has 2 aromatic carbocycles. The SMILES string of the molecule is O=C(NC1CCOC1C(=O)N[C@H]1C[C@@H]2C[C@]2(C(=O)O)C1)OCC1c2ccccc2-c2ccccc21. The molecule has 1 heterocycles. The maximum atomic E-state index is 12.9. The third-order valence-electron chi connectivity index (χ3n) is 8.18. The Morgan fingerprint density at radius 1 is 1.00 bits per heavy atom. The monoisotopic (exact) mass is 476 g/mol. The highest BCUT2D eigenvalue weighted by Gasteiger charge is 2.65. The molecule has 0 aromatic heterocycles. The molecule has 4 aliphatic rings. The summed E-state index contributed by atoms with van der Waals surface area (Å²) in [7, 11) is 0. The second kappa shape index (κ2) is 8.37. The minimum Gasteiger partial charge on any atom is -0.481 e. The Hall–Kier alpha value is -3.39. The summed E-state index contributed by atoms with van der Waals surface area (Å²) >= 11 is 0. The number of carbonyl (C=O) groups excluding carboxylic acids is 2. The molecule has 0 spiro atoms. The van der Waals surface area contributed by atoms with Gasteiger partial charge in [-0.2, -0.15) is 0 Å². The third kappa shape index (κ3) is 3.76. The Morgan fingerprint density at radius 3 is 2.34 bits per heavy atom. The van der Waals surface area contributed by atoms with E-state index >= 15 is 0 Å². The van der Waals surface area contributed by atoms with Gasteiger partial charge in [-0.3, -0.25) is 9.59 Å². The van der Waals surface area contributed by atoms with Crippen molar-refractivity contribution in [2.24, 2.45) is 11.3 Å². The Kier molecular flexibility index (Phi) is 5.29. The number of ether oxygens (including phenoxy) is 2. The number of rotatable bonds is 6. The molecular formula is C27H28N2O6. The molecule has 8 heteroatoms. The summed E-state index contributed by atoms with van der Waals surface area (Å²) in [4.78, 5) is 37.0. The highest BCUT2D eigenvalue weighted by molar-refractivity contribution is 5.84. The van der Waals surface area contributed by atoms with Crippen molar-refractivity contribution in [1.29, 1.82) is 0 Å². The van der Waals surface area contributed by atoms with Crippen molar-refractivity contribution in [2.75, 3.05) is 13.2 Å². The number of carboxylic acids is 1. The second-order valence-corrected chi connectivity index (χ2v) is 10.2. The lowest BCUT2D eigenvalue weighted by atomic mass is 9.98. The molecule has 2 saturated carbocycles. The number of carbonyl (C=O) groups is 3. The zero-order valence-corrected chi connectivity index (χ0v) is 19.2. The first-order valence-corrected chi connectivity index (χ1v) is 12.2. The van der Waals surface area contributed by atoms with Crippen molar-refractivity contribution in [1.82, 2.24) is 10.6 Å². The van der Waals surface area contributed by atoms with Crippen LogP contribution in [0.1, 0.15) is 42.7 Å². The van der Waals surface area contributed by atoms with E-state index < -0.39 is 29.6 Å². The van der Waals surface area contributed by atoms with Crippen molar-refractivity contribution in [3.05, 3.63) is 59.7 Å². The molecule has 1 aliphatic heterocycles. The smallest absolute Gasteiger partial charge is 0.407 e. The van der Waals surface area contributed by atoms with Crippen LogP contribution in [0.4, 0.5) is 4.79 Å². The Bertz CT molecular complexity index is 1150. The van der Waals surface area contributed by atoms with Crippen LogP contribution in [0.15, 0.2) is 48.5 Å². The van der Waals surface area contributed by atoms with Gasteiger partial charge in [0.25, 0.3) is 5.91 Å². The average Bonchev–Trinajstić information content (AvgIpc) is 3.17. The van der Waals surface area contributed by atoms with Crippen LogP contribution in [0.5, 0.6) is 0 Å². The van der Waals surface area contributed by atoms with Gasteiger partial charge in [0.15, 0.2) is 6.10 Å². The van der Waals surface area contributed by atoms with Gasteiger partial charge in [0.2, 0.25) is 0 Å². The molecular weight excluding hydrogens is 448 g/mol. The van der Waals surface area contributed by atoms with Gasteiger partial charge in [-0.15, -0.1) is 0 Å². The molecule has 2 amide bonds. The van der Waals surface area contributed by atoms with Crippen LogP contribution in [0.2, 0.25) is 0 Å². The van der Waals surface area contributed by atoms with Crippen LogP contribution in [-0.2, 0) is 19.1 Å². The van der Waals surface area contributed by atoms with Crippen LogP contribution in [-0.4, -0.2) is 54.5 Å². The molecule has 6 rings (SSSR count). The van der Waals surface area contributed by atoms with Gasteiger partial charge in [-0.1, -0.05) is 48.5 Å². The van der Waals surface area contributed by atoms with E-state index in [9.17, 15) is 19.5 Å². The topological polar surface area (TPSA) is 114 Å². The lowest BCUT2D eigenvalue weighted by Gasteiger charge is -2.23. The van der Waals surface area contributed by atoms with E-state index in [1.165, 1.54) is 0 Å². The molecule has 5 atom stereocenters. The summed E-state index contributed by atoms with van der Waals surface area (Å²) in [6, 6.07) is 15.6. The first kappa shape index (κ1) is 22.1. The molecule has 2 unspecified atom stereocenters. The first-order chi connectivity index (χ1) is 17.0. The molecule has 8 nitrogen and oxygen atoms in total. The van der Waals surface area contributed by atoms with Crippen LogP contribution in [0.25, 0.3) is 11.1 Å². The maximum absolute atomic E-state index is 12.9. The van der Waals surface area contributed by atoms with E-state index in [4.69, 9.17) is 9.47 Å². The van der Waals surface area contributed by atoms with Crippen LogP contribution < -0.4 is 10.6 Å². The minimum absolute atomic E-state index is 0.0394. The normalized spacial score (nSPS) is 30.2. The van der Waals surface area contributed by atoms with Crippen molar-refractivity contribution >= 4 is 18.0 Å². The largest absolute Gasteiger partial charge is 0.481 e. The van der Waals surface area contributed by atoms with Gasteiger partial charge in [0.05, 0.1) is 11.5 Å². The molecule has 35 heavy (non-hydrogen) atoms. The molecule has 2 aromatic rings. The standard InChI is InChI=1S/C27H28N2O6/c30-24(28-16-11-15-12-27(15,13-16)25(31)32)23-22(9-10-34-23)29-26(33)35-14-21-19-7-3-1-5-17(19)18-6-2-4-8-20(18)21/h1-8,15-16,21-23H,9-14H2,(H,28,30)(H,29,33)(H,31,32)/t15-,16+,22?,23?,27+/m1/s1. The molecule has 3 N–H and O–H groups in total. The van der Waals surface area contributed by atoms with E-state index in [-0.39, 0.29) is 30.4 Å². The quantitative estimate of drug-likeness (QED) is 0.591. The highest BCUT2D eigenvalue weighted by Crippen LogP contribution is 2.63. The van der Waals surface area contributed by atoms with Crippen LogP contribution in [0, 0.1) is 11.3 Å². The van der Waals surface area contributed by atoms with E-state index in [2.05, 4.69) is 34.9 Å².